The van der Waals surface area contributed by atoms with Crippen molar-refractivity contribution < 1.29 is 5.11 Å². The normalized spacial score (nSPS) is 10.4. The zero-order valence-corrected chi connectivity index (χ0v) is 11.2. The van der Waals surface area contributed by atoms with Gasteiger partial charge in [-0.25, -0.2) is 4.98 Å². The van der Waals surface area contributed by atoms with Crippen LogP contribution in [0.2, 0.25) is 0 Å². The standard InChI is InChI=1S/C18H15NO/c1-13-7-5-6-10-15(13)18-17(20)12-11-16(19-18)14-8-3-2-4-9-14/h2-12,20H,1H3. The zero-order chi connectivity index (χ0) is 13.9. The highest BCUT2D eigenvalue weighted by molar-refractivity contribution is 5.72. The lowest BCUT2D eigenvalue weighted by Gasteiger charge is -2.09. The van der Waals surface area contributed by atoms with E-state index in [1.165, 1.54) is 0 Å². The number of benzene rings is 2. The lowest BCUT2D eigenvalue weighted by Crippen LogP contribution is -1.90. The number of aromatic nitrogens is 1. The summed E-state index contributed by atoms with van der Waals surface area (Å²) in [6.45, 7) is 2.02. The number of aromatic hydroxyl groups is 1. The van der Waals surface area contributed by atoms with Gasteiger partial charge in [-0.2, -0.15) is 0 Å². The summed E-state index contributed by atoms with van der Waals surface area (Å²) in [7, 11) is 0. The van der Waals surface area contributed by atoms with Crippen LogP contribution >= 0.6 is 0 Å². The summed E-state index contributed by atoms with van der Waals surface area (Å²) < 4.78 is 0. The molecule has 0 bridgehead atoms. The van der Waals surface area contributed by atoms with Crippen molar-refractivity contribution in [3.63, 3.8) is 0 Å². The highest BCUT2D eigenvalue weighted by atomic mass is 16.3. The number of pyridine rings is 1. The van der Waals surface area contributed by atoms with Crippen molar-refractivity contribution >= 4 is 0 Å². The van der Waals surface area contributed by atoms with E-state index in [0.29, 0.717) is 5.69 Å². The van der Waals surface area contributed by atoms with Crippen molar-refractivity contribution in [3.05, 3.63) is 72.3 Å². The molecule has 0 radical (unpaired) electrons. The Morgan fingerprint density at radius 2 is 1.50 bits per heavy atom. The van der Waals surface area contributed by atoms with Crippen LogP contribution in [0.15, 0.2) is 66.7 Å². The molecule has 20 heavy (non-hydrogen) atoms. The molecular formula is C18H15NO. The van der Waals surface area contributed by atoms with Gasteiger partial charge in [0.05, 0.1) is 5.69 Å². The molecule has 3 aromatic rings. The molecule has 0 atom stereocenters. The van der Waals surface area contributed by atoms with Gasteiger partial charge in [0.15, 0.2) is 0 Å². The van der Waals surface area contributed by atoms with Gasteiger partial charge in [-0.15, -0.1) is 0 Å². The second kappa shape index (κ2) is 5.17. The van der Waals surface area contributed by atoms with Crippen molar-refractivity contribution in [1.29, 1.82) is 0 Å². The van der Waals surface area contributed by atoms with E-state index in [1.807, 2.05) is 67.6 Å². The van der Waals surface area contributed by atoms with Crippen LogP contribution in [0.5, 0.6) is 5.75 Å². The van der Waals surface area contributed by atoms with Crippen LogP contribution in [0.4, 0.5) is 0 Å². The molecule has 98 valence electrons. The van der Waals surface area contributed by atoms with E-state index < -0.39 is 0 Å². The van der Waals surface area contributed by atoms with Gasteiger partial charge in [0.1, 0.15) is 11.4 Å². The first-order valence-electron chi connectivity index (χ1n) is 6.57. The summed E-state index contributed by atoms with van der Waals surface area (Å²) in [4.78, 5) is 4.62. The van der Waals surface area contributed by atoms with E-state index in [2.05, 4.69) is 4.98 Å². The SMILES string of the molecule is Cc1ccccc1-c1nc(-c2ccccc2)ccc1O. The van der Waals surface area contributed by atoms with Gasteiger partial charge in [-0.1, -0.05) is 54.6 Å². The Labute approximate surface area is 118 Å². The van der Waals surface area contributed by atoms with Gasteiger partial charge in [-0.05, 0) is 24.6 Å². The van der Waals surface area contributed by atoms with Crippen LogP contribution in [-0.4, -0.2) is 10.1 Å². The van der Waals surface area contributed by atoms with Gasteiger partial charge in [0.2, 0.25) is 0 Å². The largest absolute Gasteiger partial charge is 0.506 e. The number of hydrogen-bond acceptors (Lipinski definition) is 2. The summed E-state index contributed by atoms with van der Waals surface area (Å²) in [5.41, 5.74) is 4.59. The Balaban J connectivity index is 2.15. The number of rotatable bonds is 2. The minimum Gasteiger partial charge on any atom is -0.506 e. The van der Waals surface area contributed by atoms with Gasteiger partial charge in [0.25, 0.3) is 0 Å². The van der Waals surface area contributed by atoms with Crippen LogP contribution < -0.4 is 0 Å². The Bertz CT molecular complexity index is 735. The average molecular weight is 261 g/mol. The Hall–Kier alpha value is -2.61. The van der Waals surface area contributed by atoms with Crippen LogP contribution in [0, 0.1) is 6.92 Å². The van der Waals surface area contributed by atoms with E-state index in [0.717, 1.165) is 22.4 Å². The predicted molar refractivity (Wildman–Crippen MR) is 81.5 cm³/mol. The molecule has 0 aliphatic carbocycles. The number of nitrogens with zero attached hydrogens (tertiary/aromatic N) is 1. The molecule has 0 unspecified atom stereocenters. The number of aryl methyl sites for hydroxylation is 1. The second-order valence-corrected chi connectivity index (χ2v) is 4.75. The first-order chi connectivity index (χ1) is 9.75. The first kappa shape index (κ1) is 12.4. The summed E-state index contributed by atoms with van der Waals surface area (Å²) in [5.74, 6) is 0.207. The molecule has 1 heterocycles. The van der Waals surface area contributed by atoms with Crippen molar-refractivity contribution in [3.8, 4) is 28.3 Å². The third-order valence-electron chi connectivity index (χ3n) is 3.34. The molecule has 0 aliphatic heterocycles. The third-order valence-corrected chi connectivity index (χ3v) is 3.34. The van der Waals surface area contributed by atoms with Crippen molar-refractivity contribution in [2.75, 3.05) is 0 Å². The van der Waals surface area contributed by atoms with E-state index in [1.54, 1.807) is 6.07 Å². The fourth-order valence-electron chi connectivity index (χ4n) is 2.26. The number of hydrogen-bond donors (Lipinski definition) is 1. The first-order valence-corrected chi connectivity index (χ1v) is 6.57. The lowest BCUT2D eigenvalue weighted by molar-refractivity contribution is 0.475. The van der Waals surface area contributed by atoms with E-state index in [-0.39, 0.29) is 5.75 Å². The summed E-state index contributed by atoms with van der Waals surface area (Å²) in [5, 5.41) is 10.1. The summed E-state index contributed by atoms with van der Waals surface area (Å²) >= 11 is 0. The molecule has 2 aromatic carbocycles. The molecule has 3 rings (SSSR count). The van der Waals surface area contributed by atoms with Crippen LogP contribution in [-0.2, 0) is 0 Å². The highest BCUT2D eigenvalue weighted by Crippen LogP contribution is 2.31. The molecule has 0 saturated heterocycles. The molecular weight excluding hydrogens is 246 g/mol. The predicted octanol–water partition coefficient (Wildman–Crippen LogP) is 4.43. The van der Waals surface area contributed by atoms with Crippen LogP contribution in [0.3, 0.4) is 0 Å². The Morgan fingerprint density at radius 3 is 2.25 bits per heavy atom. The maximum Gasteiger partial charge on any atom is 0.141 e. The lowest BCUT2D eigenvalue weighted by atomic mass is 10.0. The summed E-state index contributed by atoms with van der Waals surface area (Å²) in [6, 6.07) is 21.5. The quantitative estimate of drug-likeness (QED) is 0.740. The van der Waals surface area contributed by atoms with Gasteiger partial charge < -0.3 is 5.11 Å². The second-order valence-electron chi connectivity index (χ2n) is 4.75. The maximum absolute atomic E-state index is 10.1. The molecule has 0 amide bonds. The Kier molecular flexibility index (Phi) is 3.21. The minimum atomic E-state index is 0.207. The fraction of sp³-hybridized carbons (Fsp3) is 0.0556. The summed E-state index contributed by atoms with van der Waals surface area (Å²) in [6.07, 6.45) is 0. The maximum atomic E-state index is 10.1. The smallest absolute Gasteiger partial charge is 0.141 e. The third kappa shape index (κ3) is 2.28. The van der Waals surface area contributed by atoms with Gasteiger partial charge >= 0.3 is 0 Å². The fourth-order valence-corrected chi connectivity index (χ4v) is 2.26. The topological polar surface area (TPSA) is 33.1 Å². The molecule has 0 saturated carbocycles. The van der Waals surface area contributed by atoms with Crippen LogP contribution in [0.1, 0.15) is 5.56 Å². The molecule has 2 heteroatoms. The van der Waals surface area contributed by atoms with Gasteiger partial charge in [-0.3, -0.25) is 0 Å². The monoisotopic (exact) mass is 261 g/mol. The average Bonchev–Trinajstić information content (AvgIpc) is 2.49. The Morgan fingerprint density at radius 1 is 0.800 bits per heavy atom. The van der Waals surface area contributed by atoms with Crippen molar-refractivity contribution in [1.82, 2.24) is 4.98 Å². The molecule has 2 nitrogen and oxygen atoms in total. The van der Waals surface area contributed by atoms with E-state index >= 15 is 0 Å². The van der Waals surface area contributed by atoms with Crippen LogP contribution in [0.25, 0.3) is 22.5 Å². The van der Waals surface area contributed by atoms with E-state index in [9.17, 15) is 5.11 Å². The minimum absolute atomic E-state index is 0.207. The zero-order valence-electron chi connectivity index (χ0n) is 11.2. The molecule has 1 aromatic heterocycles. The molecule has 1 N–H and O–H groups in total. The molecule has 0 fully saturated rings. The molecule has 0 spiro atoms. The highest BCUT2D eigenvalue weighted by Gasteiger charge is 2.10. The van der Waals surface area contributed by atoms with E-state index in [4.69, 9.17) is 0 Å². The van der Waals surface area contributed by atoms with Crippen molar-refractivity contribution in [2.45, 2.75) is 6.92 Å². The molecule has 0 aliphatic rings. The van der Waals surface area contributed by atoms with Crippen molar-refractivity contribution in [2.24, 2.45) is 0 Å². The van der Waals surface area contributed by atoms with Gasteiger partial charge in [0, 0.05) is 11.1 Å².